The van der Waals surface area contributed by atoms with Crippen LogP contribution in [0.3, 0.4) is 0 Å². The van der Waals surface area contributed by atoms with Crippen molar-refractivity contribution < 1.29 is 9.47 Å². The molecular weight excluding hydrogens is 312 g/mol. The third kappa shape index (κ3) is 6.22. The number of nitrogens with two attached hydrogens (primary N) is 1. The number of hydrogen-bond acceptors (Lipinski definition) is 4. The van der Waals surface area contributed by atoms with Gasteiger partial charge < -0.3 is 20.5 Å². The Bertz CT molecular complexity index is 580. The van der Waals surface area contributed by atoms with Gasteiger partial charge in [0.2, 0.25) is 0 Å². The highest BCUT2D eigenvalue weighted by atomic mass is 16.5. The molecule has 1 aliphatic rings. The van der Waals surface area contributed by atoms with E-state index < -0.39 is 0 Å². The Morgan fingerprint density at radius 3 is 2.40 bits per heavy atom. The van der Waals surface area contributed by atoms with E-state index in [-0.39, 0.29) is 11.6 Å². The first-order chi connectivity index (χ1) is 12.0. The first-order valence-electron chi connectivity index (χ1n) is 9.21. The van der Waals surface area contributed by atoms with Gasteiger partial charge in [0.15, 0.2) is 0 Å². The molecule has 4 nitrogen and oxygen atoms in total. The van der Waals surface area contributed by atoms with Crippen molar-refractivity contribution in [2.75, 3.05) is 25.6 Å². The Hall–Kier alpha value is -1.78. The van der Waals surface area contributed by atoms with Crippen LogP contribution in [0.25, 0.3) is 0 Å². The number of allylic oxidation sites excluding steroid dienone is 2. The van der Waals surface area contributed by atoms with Crippen molar-refractivity contribution in [3.8, 4) is 5.75 Å². The summed E-state index contributed by atoms with van der Waals surface area (Å²) in [5, 5.41) is 3.10. The van der Waals surface area contributed by atoms with E-state index in [9.17, 15) is 0 Å². The molecule has 0 amide bonds. The number of anilines is 1. The lowest BCUT2D eigenvalue weighted by Gasteiger charge is -2.33. The highest BCUT2D eigenvalue weighted by Gasteiger charge is 2.30. The largest absolute Gasteiger partial charge is 0.494 e. The van der Waals surface area contributed by atoms with Gasteiger partial charge in [-0.15, -0.1) is 0 Å². The number of unbranched alkanes of at least 4 members (excludes halogenated alkanes) is 3. The van der Waals surface area contributed by atoms with Crippen molar-refractivity contribution >= 4 is 5.69 Å². The number of hydrogen-bond donors (Lipinski definition) is 2. The number of nitrogens with one attached hydrogen (secondary N) is 1. The normalized spacial score (nSPS) is 22.6. The van der Waals surface area contributed by atoms with Gasteiger partial charge in [0.25, 0.3) is 0 Å². The molecule has 1 aromatic carbocycles. The summed E-state index contributed by atoms with van der Waals surface area (Å²) in [6.45, 7) is 5.63. The van der Waals surface area contributed by atoms with E-state index in [4.69, 9.17) is 15.2 Å². The van der Waals surface area contributed by atoms with Crippen molar-refractivity contribution in [1.29, 1.82) is 0 Å². The van der Waals surface area contributed by atoms with E-state index >= 15 is 0 Å². The maximum atomic E-state index is 6.18. The second kappa shape index (κ2) is 9.64. The fourth-order valence-corrected chi connectivity index (χ4v) is 2.81. The molecule has 0 radical (unpaired) electrons. The molecule has 138 valence electrons. The monoisotopic (exact) mass is 344 g/mol. The van der Waals surface area contributed by atoms with Crippen LogP contribution in [0.5, 0.6) is 5.75 Å². The van der Waals surface area contributed by atoms with Gasteiger partial charge in [-0.2, -0.15) is 0 Å². The highest BCUT2D eigenvalue weighted by Crippen LogP contribution is 2.24. The summed E-state index contributed by atoms with van der Waals surface area (Å²) in [7, 11) is 1.91. The topological polar surface area (TPSA) is 56.5 Å². The minimum atomic E-state index is -0.373. The van der Waals surface area contributed by atoms with Gasteiger partial charge in [0.05, 0.1) is 12.6 Å². The van der Waals surface area contributed by atoms with Crippen molar-refractivity contribution in [3.05, 3.63) is 48.1 Å². The van der Waals surface area contributed by atoms with Crippen LogP contribution in [0, 0.1) is 0 Å². The molecule has 0 fully saturated rings. The third-order valence-electron chi connectivity index (χ3n) is 4.64. The van der Waals surface area contributed by atoms with Crippen LogP contribution in [0.4, 0.5) is 5.69 Å². The van der Waals surface area contributed by atoms with E-state index in [0.29, 0.717) is 0 Å². The van der Waals surface area contributed by atoms with E-state index in [0.717, 1.165) is 50.3 Å². The fourth-order valence-electron chi connectivity index (χ4n) is 2.81. The first kappa shape index (κ1) is 19.5. The van der Waals surface area contributed by atoms with Crippen LogP contribution in [0.15, 0.2) is 48.1 Å². The molecular formula is C21H32N2O2. The van der Waals surface area contributed by atoms with Crippen molar-refractivity contribution in [2.45, 2.75) is 51.2 Å². The van der Waals surface area contributed by atoms with Gasteiger partial charge in [0, 0.05) is 19.3 Å². The van der Waals surface area contributed by atoms with E-state index in [1.807, 2.05) is 31.3 Å². The van der Waals surface area contributed by atoms with Crippen molar-refractivity contribution in [3.63, 3.8) is 0 Å². The van der Waals surface area contributed by atoms with Crippen molar-refractivity contribution in [2.24, 2.45) is 5.73 Å². The van der Waals surface area contributed by atoms with Gasteiger partial charge in [0.1, 0.15) is 11.4 Å². The quantitative estimate of drug-likeness (QED) is 0.622. The summed E-state index contributed by atoms with van der Waals surface area (Å²) in [6.07, 6.45) is 10.6. The number of ether oxygens (including phenoxy) is 2. The second-order valence-electron chi connectivity index (χ2n) is 6.84. The standard InChI is InChI=1S/C21H32N2O2/c1-17-12-13-21(2,20(22)16-17)25-15-7-5-4-6-14-24-19-10-8-18(23-3)9-11-19/h8-13,16,20,23H,4-7,14-15,22H2,1-3H3. The average Bonchev–Trinajstić information content (AvgIpc) is 2.61. The summed E-state index contributed by atoms with van der Waals surface area (Å²) >= 11 is 0. The Kier molecular flexibility index (Phi) is 7.53. The molecule has 2 rings (SSSR count). The average molecular weight is 344 g/mol. The zero-order chi connectivity index (χ0) is 18.1. The molecule has 1 aromatic rings. The zero-order valence-corrected chi connectivity index (χ0v) is 15.8. The Balaban J connectivity index is 1.53. The minimum absolute atomic E-state index is 0.0693. The van der Waals surface area contributed by atoms with Crippen LogP contribution in [0.1, 0.15) is 39.5 Å². The lowest BCUT2D eigenvalue weighted by atomic mass is 9.89. The van der Waals surface area contributed by atoms with Gasteiger partial charge in [-0.05, 0) is 57.4 Å². The molecule has 0 aromatic heterocycles. The highest BCUT2D eigenvalue weighted by molar-refractivity contribution is 5.45. The van der Waals surface area contributed by atoms with Gasteiger partial charge in [-0.3, -0.25) is 0 Å². The van der Waals surface area contributed by atoms with Crippen LogP contribution >= 0.6 is 0 Å². The van der Waals surface area contributed by atoms with Crippen LogP contribution < -0.4 is 15.8 Å². The maximum absolute atomic E-state index is 6.18. The Labute approximate surface area is 152 Å². The van der Waals surface area contributed by atoms with Crippen LogP contribution in [0.2, 0.25) is 0 Å². The molecule has 3 N–H and O–H groups in total. The van der Waals surface area contributed by atoms with Gasteiger partial charge in [-0.1, -0.05) is 30.2 Å². The molecule has 25 heavy (non-hydrogen) atoms. The van der Waals surface area contributed by atoms with Gasteiger partial charge in [-0.25, -0.2) is 0 Å². The molecule has 0 saturated heterocycles. The molecule has 2 atom stereocenters. The van der Waals surface area contributed by atoms with Gasteiger partial charge >= 0.3 is 0 Å². The lowest BCUT2D eigenvalue weighted by Crippen LogP contribution is -2.46. The predicted octanol–water partition coefficient (Wildman–Crippen LogP) is 4.29. The summed E-state index contributed by atoms with van der Waals surface area (Å²) in [5.41, 5.74) is 8.11. The molecule has 2 unspecified atom stereocenters. The molecule has 0 aliphatic heterocycles. The van der Waals surface area contributed by atoms with E-state index in [1.165, 1.54) is 5.57 Å². The van der Waals surface area contributed by atoms with E-state index in [2.05, 4.69) is 37.4 Å². The molecule has 0 bridgehead atoms. The van der Waals surface area contributed by atoms with E-state index in [1.54, 1.807) is 0 Å². The van der Waals surface area contributed by atoms with Crippen LogP contribution in [-0.4, -0.2) is 31.9 Å². The zero-order valence-electron chi connectivity index (χ0n) is 15.8. The second-order valence-corrected chi connectivity index (χ2v) is 6.84. The van der Waals surface area contributed by atoms with Crippen molar-refractivity contribution in [1.82, 2.24) is 0 Å². The SMILES string of the molecule is CNc1ccc(OCCCCCCOC2(C)C=CC(C)=CC2N)cc1. The maximum Gasteiger partial charge on any atom is 0.119 e. The minimum Gasteiger partial charge on any atom is -0.494 e. The number of benzene rings is 1. The number of rotatable bonds is 10. The predicted molar refractivity (Wildman–Crippen MR) is 105 cm³/mol. The lowest BCUT2D eigenvalue weighted by molar-refractivity contribution is -0.00616. The summed E-state index contributed by atoms with van der Waals surface area (Å²) in [6, 6.07) is 7.97. The molecule has 4 heteroatoms. The third-order valence-corrected chi connectivity index (χ3v) is 4.64. The summed E-state index contributed by atoms with van der Waals surface area (Å²) in [5.74, 6) is 0.927. The molecule has 0 heterocycles. The fraction of sp³-hybridized carbons (Fsp3) is 0.524. The molecule has 1 aliphatic carbocycles. The first-order valence-corrected chi connectivity index (χ1v) is 9.21. The molecule has 0 saturated carbocycles. The molecule has 0 spiro atoms. The summed E-state index contributed by atoms with van der Waals surface area (Å²) in [4.78, 5) is 0. The Morgan fingerprint density at radius 1 is 1.08 bits per heavy atom. The smallest absolute Gasteiger partial charge is 0.119 e. The Morgan fingerprint density at radius 2 is 1.76 bits per heavy atom. The summed E-state index contributed by atoms with van der Waals surface area (Å²) < 4.78 is 11.8. The van der Waals surface area contributed by atoms with Crippen LogP contribution in [-0.2, 0) is 4.74 Å².